The SMILES string of the molecule is CC12CC[C@H]3C(CC=C4CC(O)CCC43C)C1CC=C2c1cccnc1. The molecule has 1 heterocycles. The lowest BCUT2D eigenvalue weighted by atomic mass is 9.47. The molecule has 5 unspecified atom stereocenters. The summed E-state index contributed by atoms with van der Waals surface area (Å²) in [6, 6.07) is 4.31. The van der Waals surface area contributed by atoms with E-state index in [1.54, 1.807) is 11.1 Å². The number of fused-ring (bicyclic) bond motifs is 5. The topological polar surface area (TPSA) is 33.1 Å². The molecule has 4 aliphatic rings. The predicted octanol–water partition coefficient (Wildman–Crippen LogP) is 5.40. The summed E-state index contributed by atoms with van der Waals surface area (Å²) in [5.74, 6) is 2.36. The Hall–Kier alpha value is -1.41. The third kappa shape index (κ3) is 2.24. The Morgan fingerprint density at radius 2 is 1.88 bits per heavy atom. The molecule has 0 spiro atoms. The summed E-state index contributed by atoms with van der Waals surface area (Å²) in [7, 11) is 0. The molecule has 26 heavy (non-hydrogen) atoms. The molecule has 0 saturated heterocycles. The molecule has 0 radical (unpaired) electrons. The highest BCUT2D eigenvalue weighted by Gasteiger charge is 2.56. The number of aliphatic hydroxyl groups excluding tert-OH is 1. The normalized spacial score (nSPS) is 44.4. The van der Waals surface area contributed by atoms with Gasteiger partial charge in [-0.1, -0.05) is 37.6 Å². The number of pyridine rings is 1. The molecule has 6 atom stereocenters. The summed E-state index contributed by atoms with van der Waals surface area (Å²) in [6.07, 6.45) is 17.0. The van der Waals surface area contributed by atoms with E-state index in [4.69, 9.17) is 0 Å². The summed E-state index contributed by atoms with van der Waals surface area (Å²) < 4.78 is 0. The lowest BCUT2D eigenvalue weighted by Gasteiger charge is -2.57. The van der Waals surface area contributed by atoms with Crippen LogP contribution in [0.5, 0.6) is 0 Å². The maximum absolute atomic E-state index is 10.2. The molecule has 0 aromatic carbocycles. The fourth-order valence-corrected chi connectivity index (χ4v) is 7.18. The van der Waals surface area contributed by atoms with Crippen LogP contribution in [0.1, 0.15) is 64.4 Å². The van der Waals surface area contributed by atoms with Gasteiger partial charge in [0.25, 0.3) is 0 Å². The van der Waals surface area contributed by atoms with Gasteiger partial charge in [-0.2, -0.15) is 0 Å². The van der Waals surface area contributed by atoms with Gasteiger partial charge in [-0.15, -0.1) is 0 Å². The first-order valence-electron chi connectivity index (χ1n) is 10.5. The molecule has 2 nitrogen and oxygen atoms in total. The summed E-state index contributed by atoms with van der Waals surface area (Å²) in [4.78, 5) is 4.38. The van der Waals surface area contributed by atoms with Gasteiger partial charge in [0.1, 0.15) is 0 Å². The number of rotatable bonds is 1. The molecule has 1 N–H and O–H groups in total. The number of aromatic nitrogens is 1. The van der Waals surface area contributed by atoms with Crippen LogP contribution in [0, 0.1) is 28.6 Å². The molecular formula is C24H31NO. The Labute approximate surface area is 157 Å². The standard InChI is InChI=1S/C24H31NO/c1-23-11-9-18(26)14-17(23)5-6-19-21-8-7-20(16-4-3-13-25-15-16)24(21,2)12-10-22(19)23/h3-5,7,13,15,18-19,21-22,26H,6,8-12,14H2,1-2H3/t18?,19?,21?,22-,23?,24?/m0/s1. The Morgan fingerprint density at radius 1 is 1.04 bits per heavy atom. The van der Waals surface area contributed by atoms with Crippen LogP contribution < -0.4 is 0 Å². The summed E-state index contributed by atoms with van der Waals surface area (Å²) in [5, 5.41) is 10.2. The maximum Gasteiger partial charge on any atom is 0.0577 e. The second-order valence-corrected chi connectivity index (χ2v) is 9.71. The predicted molar refractivity (Wildman–Crippen MR) is 105 cm³/mol. The van der Waals surface area contributed by atoms with Crippen LogP contribution in [0.3, 0.4) is 0 Å². The van der Waals surface area contributed by atoms with Crippen LogP contribution in [-0.4, -0.2) is 16.2 Å². The average molecular weight is 350 g/mol. The molecule has 2 fully saturated rings. The monoisotopic (exact) mass is 349 g/mol. The van der Waals surface area contributed by atoms with Gasteiger partial charge < -0.3 is 5.11 Å². The van der Waals surface area contributed by atoms with Crippen LogP contribution in [0.25, 0.3) is 5.57 Å². The van der Waals surface area contributed by atoms with Gasteiger partial charge in [0.15, 0.2) is 0 Å². The second kappa shape index (κ2) is 5.79. The van der Waals surface area contributed by atoms with E-state index in [-0.39, 0.29) is 6.10 Å². The number of allylic oxidation sites excluding steroid dienone is 3. The first-order chi connectivity index (χ1) is 12.5. The number of hydrogen-bond acceptors (Lipinski definition) is 2. The van der Waals surface area contributed by atoms with Gasteiger partial charge in [-0.25, -0.2) is 0 Å². The molecule has 5 rings (SSSR count). The Kier molecular flexibility index (Phi) is 3.73. The third-order valence-corrected chi connectivity index (χ3v) is 8.63. The van der Waals surface area contributed by atoms with Crippen LogP contribution in [0.2, 0.25) is 0 Å². The number of hydrogen-bond donors (Lipinski definition) is 1. The summed E-state index contributed by atoms with van der Waals surface area (Å²) in [6.45, 7) is 5.03. The molecule has 138 valence electrons. The average Bonchev–Trinajstić information content (AvgIpc) is 3.00. The van der Waals surface area contributed by atoms with Crippen molar-refractivity contribution in [1.82, 2.24) is 4.98 Å². The zero-order valence-corrected chi connectivity index (χ0v) is 16.1. The molecule has 2 saturated carbocycles. The van der Waals surface area contributed by atoms with E-state index >= 15 is 0 Å². The molecular weight excluding hydrogens is 318 g/mol. The van der Waals surface area contributed by atoms with Crippen molar-refractivity contribution < 1.29 is 5.11 Å². The molecule has 0 aliphatic heterocycles. The van der Waals surface area contributed by atoms with E-state index in [1.807, 2.05) is 12.4 Å². The van der Waals surface area contributed by atoms with Crippen molar-refractivity contribution in [1.29, 1.82) is 0 Å². The smallest absolute Gasteiger partial charge is 0.0577 e. The van der Waals surface area contributed by atoms with Crippen molar-refractivity contribution in [3.8, 4) is 0 Å². The lowest BCUT2D eigenvalue weighted by molar-refractivity contribution is -0.0238. The fraction of sp³-hybridized carbons (Fsp3) is 0.625. The van der Waals surface area contributed by atoms with Crippen molar-refractivity contribution in [2.75, 3.05) is 0 Å². The zero-order valence-electron chi connectivity index (χ0n) is 16.1. The van der Waals surface area contributed by atoms with E-state index in [9.17, 15) is 5.11 Å². The minimum absolute atomic E-state index is 0.106. The van der Waals surface area contributed by atoms with E-state index in [0.29, 0.717) is 10.8 Å². The van der Waals surface area contributed by atoms with Gasteiger partial charge in [0.05, 0.1) is 6.10 Å². The molecule has 1 aromatic heterocycles. The minimum atomic E-state index is -0.106. The fourth-order valence-electron chi connectivity index (χ4n) is 7.18. The Balaban J connectivity index is 1.48. The van der Waals surface area contributed by atoms with E-state index in [2.05, 4.69) is 43.1 Å². The van der Waals surface area contributed by atoms with Gasteiger partial charge in [-0.3, -0.25) is 4.98 Å². The van der Waals surface area contributed by atoms with Gasteiger partial charge in [0, 0.05) is 12.4 Å². The van der Waals surface area contributed by atoms with Crippen LogP contribution in [0.4, 0.5) is 0 Å². The summed E-state index contributed by atoms with van der Waals surface area (Å²) in [5.41, 5.74) is 5.09. The van der Waals surface area contributed by atoms with Gasteiger partial charge >= 0.3 is 0 Å². The lowest BCUT2D eigenvalue weighted by Crippen LogP contribution is -2.49. The van der Waals surface area contributed by atoms with E-state index < -0.39 is 0 Å². The highest BCUT2D eigenvalue weighted by Crippen LogP contribution is 2.66. The van der Waals surface area contributed by atoms with Crippen LogP contribution in [0.15, 0.2) is 42.3 Å². The van der Waals surface area contributed by atoms with Crippen LogP contribution in [-0.2, 0) is 0 Å². The van der Waals surface area contributed by atoms with Crippen molar-refractivity contribution in [3.05, 3.63) is 47.8 Å². The van der Waals surface area contributed by atoms with Crippen molar-refractivity contribution in [3.63, 3.8) is 0 Å². The number of nitrogens with zero attached hydrogens (tertiary/aromatic N) is 1. The first-order valence-corrected chi connectivity index (χ1v) is 10.5. The van der Waals surface area contributed by atoms with Crippen LogP contribution >= 0.6 is 0 Å². The zero-order chi connectivity index (χ0) is 17.9. The molecule has 4 aliphatic carbocycles. The van der Waals surface area contributed by atoms with E-state index in [1.165, 1.54) is 37.7 Å². The Bertz CT molecular complexity index is 766. The van der Waals surface area contributed by atoms with Crippen molar-refractivity contribution in [2.24, 2.45) is 28.6 Å². The largest absolute Gasteiger partial charge is 0.393 e. The van der Waals surface area contributed by atoms with Crippen molar-refractivity contribution in [2.45, 2.75) is 64.9 Å². The first kappa shape index (κ1) is 16.7. The number of aliphatic hydroxyl groups is 1. The maximum atomic E-state index is 10.2. The molecule has 2 heteroatoms. The summed E-state index contributed by atoms with van der Waals surface area (Å²) >= 11 is 0. The Morgan fingerprint density at radius 3 is 2.69 bits per heavy atom. The highest BCUT2D eigenvalue weighted by atomic mass is 16.3. The quantitative estimate of drug-likeness (QED) is 0.689. The molecule has 1 aromatic rings. The van der Waals surface area contributed by atoms with Gasteiger partial charge in [-0.05, 0) is 90.7 Å². The highest BCUT2D eigenvalue weighted by molar-refractivity contribution is 5.72. The second-order valence-electron chi connectivity index (χ2n) is 9.71. The molecule has 0 bridgehead atoms. The molecule has 0 amide bonds. The van der Waals surface area contributed by atoms with E-state index in [0.717, 1.165) is 30.6 Å². The van der Waals surface area contributed by atoms with Gasteiger partial charge in [0.2, 0.25) is 0 Å². The van der Waals surface area contributed by atoms with Crippen molar-refractivity contribution >= 4 is 5.57 Å². The minimum Gasteiger partial charge on any atom is -0.393 e. The third-order valence-electron chi connectivity index (χ3n) is 8.63.